The van der Waals surface area contributed by atoms with Crippen LogP contribution in [0.4, 0.5) is 0 Å². The molecule has 3 unspecified atom stereocenters. The Bertz CT molecular complexity index is 916. The van der Waals surface area contributed by atoms with Crippen LogP contribution < -0.4 is 5.32 Å². The number of fused-ring (bicyclic) bond motifs is 1. The van der Waals surface area contributed by atoms with Crippen molar-refractivity contribution in [3.05, 3.63) is 33.8 Å². The summed E-state index contributed by atoms with van der Waals surface area (Å²) >= 11 is 6.46. The molecule has 0 amide bonds. The predicted octanol–water partition coefficient (Wildman–Crippen LogP) is 2.26. The van der Waals surface area contributed by atoms with Gasteiger partial charge >= 0.3 is 5.97 Å². The Kier molecular flexibility index (Phi) is 4.63. The monoisotopic (exact) mass is 428 g/mol. The van der Waals surface area contributed by atoms with Gasteiger partial charge < -0.3 is 24.3 Å². The number of hydrogen-bond donors (Lipinski definition) is 3. The van der Waals surface area contributed by atoms with E-state index in [1.807, 2.05) is 0 Å². The fraction of sp³-hybridized carbons (Fsp3) is 0.375. The van der Waals surface area contributed by atoms with E-state index < -0.39 is 28.3 Å². The molecule has 0 aliphatic carbocycles. The van der Waals surface area contributed by atoms with E-state index in [9.17, 15) is 9.35 Å². The SMILES string of the molecule is COC(=O)c1ccc(-c2cc(Cl)c(C34CCOC3[S+]([O-])N(C)C(=N)N4)s2)[nH]1. The second kappa shape index (κ2) is 6.71. The lowest BCUT2D eigenvalue weighted by atomic mass is 9.96. The number of esters is 1. The van der Waals surface area contributed by atoms with Crippen LogP contribution in [0.15, 0.2) is 18.2 Å². The number of methoxy groups -OCH3 is 1. The molecule has 2 saturated heterocycles. The van der Waals surface area contributed by atoms with Crippen molar-refractivity contribution in [2.45, 2.75) is 17.4 Å². The van der Waals surface area contributed by atoms with Crippen molar-refractivity contribution in [2.75, 3.05) is 20.8 Å². The molecule has 2 fully saturated rings. The molecule has 0 aromatic carbocycles. The highest BCUT2D eigenvalue weighted by Gasteiger charge is 2.60. The number of rotatable bonds is 3. The zero-order valence-corrected chi connectivity index (χ0v) is 16.9. The molecule has 8 nitrogen and oxygen atoms in total. The van der Waals surface area contributed by atoms with E-state index in [1.54, 1.807) is 25.2 Å². The number of nitrogens with one attached hydrogen (secondary N) is 3. The Morgan fingerprint density at radius 3 is 3.11 bits per heavy atom. The van der Waals surface area contributed by atoms with Crippen LogP contribution in [0.5, 0.6) is 0 Å². The number of nitrogens with zero attached hydrogens (tertiary/aromatic N) is 1. The van der Waals surface area contributed by atoms with Crippen LogP contribution in [0.1, 0.15) is 21.8 Å². The molecule has 0 bridgehead atoms. The van der Waals surface area contributed by atoms with Gasteiger partial charge in [-0.05, 0) is 18.2 Å². The fourth-order valence-electron chi connectivity index (χ4n) is 3.31. The molecule has 3 N–H and O–H groups in total. The molecule has 4 rings (SSSR count). The Morgan fingerprint density at radius 2 is 2.37 bits per heavy atom. The van der Waals surface area contributed by atoms with E-state index in [0.29, 0.717) is 23.7 Å². The van der Waals surface area contributed by atoms with E-state index >= 15 is 0 Å². The standard InChI is InChI=1S/C16H17ClN4O4S2/c1-21-15(18)20-16(5-6-25-14(16)27(21)23)12-8(17)7-11(26-12)9-3-4-10(19-9)13(22)24-2/h3-4,7,14,19H,5-6H2,1-2H3,(H2,18,20). The summed E-state index contributed by atoms with van der Waals surface area (Å²) in [4.78, 5) is 16.3. The lowest BCUT2D eigenvalue weighted by molar-refractivity contribution is 0.0595. The lowest BCUT2D eigenvalue weighted by Gasteiger charge is -2.42. The quantitative estimate of drug-likeness (QED) is 0.510. The molecule has 2 aliphatic heterocycles. The molecule has 2 aliphatic rings. The lowest BCUT2D eigenvalue weighted by Crippen LogP contribution is -2.65. The zero-order valence-electron chi connectivity index (χ0n) is 14.5. The molecular weight excluding hydrogens is 412 g/mol. The van der Waals surface area contributed by atoms with Gasteiger partial charge in [-0.15, -0.1) is 11.3 Å². The summed E-state index contributed by atoms with van der Waals surface area (Å²) in [6, 6.07) is 5.22. The number of carbonyl (C=O) groups is 1. The van der Waals surface area contributed by atoms with Gasteiger partial charge in [-0.3, -0.25) is 5.41 Å². The first kappa shape index (κ1) is 18.6. The van der Waals surface area contributed by atoms with Gasteiger partial charge in [0.2, 0.25) is 5.96 Å². The molecule has 11 heteroatoms. The van der Waals surface area contributed by atoms with Crippen molar-refractivity contribution in [3.8, 4) is 10.6 Å². The number of ether oxygens (including phenoxy) is 2. The Hall–Kier alpha value is -1.72. The maximum atomic E-state index is 12.7. The van der Waals surface area contributed by atoms with Crippen LogP contribution in [-0.2, 0) is 26.4 Å². The second-order valence-corrected chi connectivity index (χ2v) is 9.22. The average molecular weight is 429 g/mol. The number of aromatic nitrogens is 1. The summed E-state index contributed by atoms with van der Waals surface area (Å²) in [6.07, 6.45) is 0.553. The topological polar surface area (TPSA) is 114 Å². The Labute approximate surface area is 167 Å². The highest BCUT2D eigenvalue weighted by atomic mass is 35.5. The summed E-state index contributed by atoms with van der Waals surface area (Å²) < 4.78 is 24.5. The van der Waals surface area contributed by atoms with Gasteiger partial charge in [-0.1, -0.05) is 11.6 Å². The number of hydrogen-bond acceptors (Lipinski definition) is 6. The van der Waals surface area contributed by atoms with Crippen molar-refractivity contribution < 1.29 is 18.8 Å². The minimum atomic E-state index is -1.50. The second-order valence-electron chi connectivity index (χ2n) is 6.24. The summed E-state index contributed by atoms with van der Waals surface area (Å²) in [5.74, 6) is -0.387. The van der Waals surface area contributed by atoms with Gasteiger partial charge in [0.15, 0.2) is 5.54 Å². The Balaban J connectivity index is 1.74. The van der Waals surface area contributed by atoms with Gasteiger partial charge in [-0.25, -0.2) is 4.79 Å². The van der Waals surface area contributed by atoms with Crippen molar-refractivity contribution >= 4 is 46.2 Å². The Morgan fingerprint density at radius 1 is 1.59 bits per heavy atom. The van der Waals surface area contributed by atoms with Crippen molar-refractivity contribution in [1.82, 2.24) is 14.6 Å². The molecule has 0 radical (unpaired) electrons. The summed E-state index contributed by atoms with van der Waals surface area (Å²) in [5.41, 5.74) is -0.370. The summed E-state index contributed by atoms with van der Waals surface area (Å²) in [5, 5.41) is 11.8. The van der Waals surface area contributed by atoms with Crippen molar-refractivity contribution in [3.63, 3.8) is 0 Å². The molecule has 0 spiro atoms. The van der Waals surface area contributed by atoms with Gasteiger partial charge in [0.05, 0.1) is 41.2 Å². The number of H-pyrrole nitrogens is 1. The number of thiophene rings is 1. The molecule has 0 saturated carbocycles. The van der Waals surface area contributed by atoms with E-state index in [-0.39, 0.29) is 5.96 Å². The predicted molar refractivity (Wildman–Crippen MR) is 103 cm³/mol. The van der Waals surface area contributed by atoms with Crippen LogP contribution in [0.2, 0.25) is 5.02 Å². The smallest absolute Gasteiger partial charge is 0.354 e. The molecule has 144 valence electrons. The number of aromatic amines is 1. The maximum Gasteiger partial charge on any atom is 0.354 e. The highest BCUT2D eigenvalue weighted by molar-refractivity contribution is 7.90. The average Bonchev–Trinajstić information content (AvgIpc) is 3.37. The van der Waals surface area contributed by atoms with Gasteiger partial charge in [0.25, 0.3) is 5.44 Å². The van der Waals surface area contributed by atoms with E-state index in [4.69, 9.17) is 26.5 Å². The van der Waals surface area contributed by atoms with E-state index in [2.05, 4.69) is 10.3 Å². The third-order valence-corrected chi connectivity index (χ3v) is 8.11. The first-order chi connectivity index (χ1) is 12.9. The third-order valence-electron chi connectivity index (χ3n) is 4.73. The molecule has 2 aromatic heterocycles. The number of halogens is 1. The van der Waals surface area contributed by atoms with Crippen LogP contribution in [0.25, 0.3) is 10.6 Å². The minimum Gasteiger partial charge on any atom is -0.591 e. The van der Waals surface area contributed by atoms with Gasteiger partial charge in [0, 0.05) is 6.42 Å². The van der Waals surface area contributed by atoms with Crippen molar-refractivity contribution in [2.24, 2.45) is 0 Å². The normalized spacial score (nSPS) is 27.4. The largest absolute Gasteiger partial charge is 0.591 e. The minimum absolute atomic E-state index is 0.0638. The third kappa shape index (κ3) is 2.83. The number of guanidine groups is 1. The molecule has 4 heterocycles. The van der Waals surface area contributed by atoms with Gasteiger partial charge in [-0.2, -0.15) is 4.31 Å². The zero-order chi connectivity index (χ0) is 19.3. The van der Waals surface area contributed by atoms with E-state index in [1.165, 1.54) is 22.8 Å². The van der Waals surface area contributed by atoms with Gasteiger partial charge in [0.1, 0.15) is 17.1 Å². The fourth-order valence-corrected chi connectivity index (χ4v) is 6.43. The first-order valence-electron chi connectivity index (χ1n) is 8.07. The maximum absolute atomic E-state index is 12.7. The molecular formula is C16H17ClN4O4S2. The number of carbonyl (C=O) groups excluding carboxylic acids is 1. The van der Waals surface area contributed by atoms with Crippen LogP contribution in [0, 0.1) is 5.41 Å². The molecule has 2 aromatic rings. The molecule has 3 atom stereocenters. The van der Waals surface area contributed by atoms with Crippen molar-refractivity contribution in [1.29, 1.82) is 5.41 Å². The summed E-state index contributed by atoms with van der Waals surface area (Å²) in [7, 11) is 2.91. The van der Waals surface area contributed by atoms with E-state index in [0.717, 1.165) is 15.4 Å². The molecule has 27 heavy (non-hydrogen) atoms. The summed E-state index contributed by atoms with van der Waals surface area (Å²) in [6.45, 7) is 0.420. The van der Waals surface area contributed by atoms with Crippen LogP contribution in [-0.4, -0.2) is 52.0 Å². The van der Waals surface area contributed by atoms with Crippen LogP contribution in [0.3, 0.4) is 0 Å². The highest BCUT2D eigenvalue weighted by Crippen LogP contribution is 2.49. The first-order valence-corrected chi connectivity index (χ1v) is 10.4. The van der Waals surface area contributed by atoms with Crippen LogP contribution >= 0.6 is 22.9 Å².